The highest BCUT2D eigenvalue weighted by atomic mass is 16.5. The summed E-state index contributed by atoms with van der Waals surface area (Å²) in [6.45, 7) is 18.6. The summed E-state index contributed by atoms with van der Waals surface area (Å²) >= 11 is 0. The molecular formula is C39H57NO6. The zero-order chi connectivity index (χ0) is 33.5. The van der Waals surface area contributed by atoms with Gasteiger partial charge in [0.05, 0.1) is 30.3 Å². The Hall–Kier alpha value is -3.06. The molecule has 7 heteroatoms. The van der Waals surface area contributed by atoms with Crippen LogP contribution in [0.4, 0.5) is 0 Å². The Bertz CT molecular complexity index is 1270. The molecule has 1 aliphatic heterocycles. The molecular weight excluding hydrogens is 578 g/mol. The van der Waals surface area contributed by atoms with E-state index in [1.165, 1.54) is 5.56 Å². The van der Waals surface area contributed by atoms with E-state index in [4.69, 9.17) is 18.9 Å². The van der Waals surface area contributed by atoms with Gasteiger partial charge in [-0.25, -0.2) is 0 Å². The fourth-order valence-corrected chi connectivity index (χ4v) is 7.08. The van der Waals surface area contributed by atoms with Crippen LogP contribution in [0.25, 0.3) is 0 Å². The first kappa shape index (κ1) is 35.8. The molecule has 2 aromatic carbocycles. The van der Waals surface area contributed by atoms with Crippen LogP contribution in [-0.4, -0.2) is 54.3 Å². The molecule has 7 nitrogen and oxygen atoms in total. The van der Waals surface area contributed by atoms with Gasteiger partial charge in [-0.2, -0.15) is 0 Å². The molecule has 1 unspecified atom stereocenters. The lowest BCUT2D eigenvalue weighted by molar-refractivity contribution is -0.149. The van der Waals surface area contributed by atoms with Gasteiger partial charge in [0.15, 0.2) is 0 Å². The second kappa shape index (κ2) is 15.2. The number of hydrogen-bond acceptors (Lipinski definition) is 6. The predicted octanol–water partition coefficient (Wildman–Crippen LogP) is 8.27. The lowest BCUT2D eigenvalue weighted by Gasteiger charge is -2.46. The average molecular weight is 636 g/mol. The summed E-state index contributed by atoms with van der Waals surface area (Å²) in [6.07, 6.45) is 6.15. The van der Waals surface area contributed by atoms with E-state index in [2.05, 4.69) is 50.2 Å². The fraction of sp³-hybridized carbons (Fsp3) is 0.641. The van der Waals surface area contributed by atoms with Crippen LogP contribution in [-0.2, 0) is 31.0 Å². The molecule has 2 fully saturated rings. The molecule has 1 atom stereocenters. The Morgan fingerprint density at radius 1 is 0.957 bits per heavy atom. The third-order valence-electron chi connectivity index (χ3n) is 9.36. The molecule has 1 saturated heterocycles. The van der Waals surface area contributed by atoms with Gasteiger partial charge in [0, 0.05) is 30.5 Å². The van der Waals surface area contributed by atoms with E-state index in [9.17, 15) is 9.59 Å². The third kappa shape index (κ3) is 9.73. The van der Waals surface area contributed by atoms with Crippen molar-refractivity contribution in [3.05, 3.63) is 59.7 Å². The molecule has 0 spiro atoms. The number of nitrogens with zero attached hydrogens (tertiary/aromatic N) is 1. The summed E-state index contributed by atoms with van der Waals surface area (Å²) < 4.78 is 23.6. The first-order valence-electron chi connectivity index (χ1n) is 17.3. The van der Waals surface area contributed by atoms with Crippen molar-refractivity contribution in [3.63, 3.8) is 0 Å². The van der Waals surface area contributed by atoms with Crippen molar-refractivity contribution in [1.82, 2.24) is 4.90 Å². The van der Waals surface area contributed by atoms with Gasteiger partial charge in [0.1, 0.15) is 11.5 Å². The Morgan fingerprint density at radius 2 is 1.59 bits per heavy atom. The molecule has 46 heavy (non-hydrogen) atoms. The zero-order valence-electron chi connectivity index (χ0n) is 29.5. The van der Waals surface area contributed by atoms with Crippen LogP contribution < -0.4 is 9.47 Å². The van der Waals surface area contributed by atoms with Crippen LogP contribution >= 0.6 is 0 Å². The van der Waals surface area contributed by atoms with Crippen molar-refractivity contribution >= 4 is 11.9 Å². The SMILES string of the molecule is CCOC(=O)[C@H]1CC[C@H](Oc2ccc(CN(CCC3(c4ccc(OC(C)C)cc4)CCOC(C)(C)C3)C(=O)C(C)(C)C)cc2)CC1. The number of rotatable bonds is 12. The lowest BCUT2D eigenvalue weighted by Crippen LogP contribution is -2.47. The molecule has 0 radical (unpaired) electrons. The van der Waals surface area contributed by atoms with E-state index >= 15 is 0 Å². The van der Waals surface area contributed by atoms with Gasteiger partial charge in [-0.1, -0.05) is 45.0 Å². The molecule has 2 aliphatic rings. The van der Waals surface area contributed by atoms with E-state index in [1.54, 1.807) is 0 Å². The minimum Gasteiger partial charge on any atom is -0.491 e. The van der Waals surface area contributed by atoms with Crippen molar-refractivity contribution in [2.24, 2.45) is 11.3 Å². The number of carbonyl (C=O) groups excluding carboxylic acids is 2. The maximum Gasteiger partial charge on any atom is 0.308 e. The summed E-state index contributed by atoms with van der Waals surface area (Å²) in [4.78, 5) is 28.0. The Labute approximate surface area is 277 Å². The molecule has 254 valence electrons. The van der Waals surface area contributed by atoms with Crippen molar-refractivity contribution < 1.29 is 28.5 Å². The quantitative estimate of drug-likeness (QED) is 0.219. The van der Waals surface area contributed by atoms with Crippen LogP contribution in [0.3, 0.4) is 0 Å². The zero-order valence-corrected chi connectivity index (χ0v) is 29.5. The largest absolute Gasteiger partial charge is 0.491 e. The predicted molar refractivity (Wildman–Crippen MR) is 182 cm³/mol. The third-order valence-corrected chi connectivity index (χ3v) is 9.36. The fourth-order valence-electron chi connectivity index (χ4n) is 7.08. The topological polar surface area (TPSA) is 74.3 Å². The maximum absolute atomic E-state index is 13.8. The van der Waals surface area contributed by atoms with Gasteiger partial charge in [-0.15, -0.1) is 0 Å². The van der Waals surface area contributed by atoms with E-state index in [-0.39, 0.29) is 41.0 Å². The highest BCUT2D eigenvalue weighted by Crippen LogP contribution is 2.45. The van der Waals surface area contributed by atoms with Gasteiger partial charge in [-0.3, -0.25) is 9.59 Å². The number of carbonyl (C=O) groups is 2. The summed E-state index contributed by atoms with van der Waals surface area (Å²) in [5, 5.41) is 0. The van der Waals surface area contributed by atoms with Gasteiger partial charge < -0.3 is 23.8 Å². The van der Waals surface area contributed by atoms with Gasteiger partial charge in [0.2, 0.25) is 5.91 Å². The van der Waals surface area contributed by atoms with Crippen LogP contribution in [0.5, 0.6) is 11.5 Å². The molecule has 0 N–H and O–H groups in total. The number of esters is 1. The normalized spacial score (nSPS) is 23.1. The average Bonchev–Trinajstić information content (AvgIpc) is 2.99. The van der Waals surface area contributed by atoms with Crippen molar-refractivity contribution in [2.75, 3.05) is 19.8 Å². The summed E-state index contributed by atoms with van der Waals surface area (Å²) in [5.41, 5.74) is 1.49. The number of hydrogen-bond donors (Lipinski definition) is 0. The second-order valence-electron chi connectivity index (χ2n) is 15.2. The molecule has 1 aliphatic carbocycles. The highest BCUT2D eigenvalue weighted by molar-refractivity contribution is 5.81. The maximum atomic E-state index is 13.8. The minimum atomic E-state index is -0.497. The summed E-state index contributed by atoms with van der Waals surface area (Å²) in [6, 6.07) is 16.7. The van der Waals surface area contributed by atoms with Crippen molar-refractivity contribution in [2.45, 2.75) is 130 Å². The number of amides is 1. The van der Waals surface area contributed by atoms with Crippen molar-refractivity contribution in [1.29, 1.82) is 0 Å². The Kier molecular flexibility index (Phi) is 11.8. The van der Waals surface area contributed by atoms with Gasteiger partial charge >= 0.3 is 5.97 Å². The molecule has 0 aromatic heterocycles. The summed E-state index contributed by atoms with van der Waals surface area (Å²) in [5.74, 6) is 1.75. The lowest BCUT2D eigenvalue weighted by atomic mass is 9.67. The van der Waals surface area contributed by atoms with Crippen LogP contribution in [0.1, 0.15) is 111 Å². The van der Waals surface area contributed by atoms with E-state index in [1.807, 2.05) is 58.6 Å². The van der Waals surface area contributed by atoms with Crippen LogP contribution in [0, 0.1) is 11.3 Å². The van der Waals surface area contributed by atoms with Crippen molar-refractivity contribution in [3.8, 4) is 11.5 Å². The van der Waals surface area contributed by atoms with E-state index < -0.39 is 5.41 Å². The standard InChI is InChI=1S/C39H57NO6/c1-9-43-35(41)30-12-18-34(19-13-30)46-33-16-10-29(11-17-33)26-40(36(42)37(4,5)6)24-22-39(23-25-44-38(7,8)27-39)31-14-20-32(21-15-31)45-28(2)3/h10-11,14-17,20-21,28,30,34H,9,12-13,18-19,22-27H2,1-8H3/t30-,34-,39?. The molecule has 2 aromatic rings. The second-order valence-corrected chi connectivity index (χ2v) is 15.2. The summed E-state index contributed by atoms with van der Waals surface area (Å²) in [7, 11) is 0. The number of ether oxygens (including phenoxy) is 4. The first-order chi connectivity index (χ1) is 21.7. The Morgan fingerprint density at radius 3 is 2.15 bits per heavy atom. The van der Waals surface area contributed by atoms with Crippen LogP contribution in [0.15, 0.2) is 48.5 Å². The van der Waals surface area contributed by atoms with E-state index in [0.717, 1.165) is 62.0 Å². The van der Waals surface area contributed by atoms with Crippen LogP contribution in [0.2, 0.25) is 0 Å². The van der Waals surface area contributed by atoms with E-state index in [0.29, 0.717) is 26.3 Å². The van der Waals surface area contributed by atoms with Gasteiger partial charge in [-0.05, 0) is 115 Å². The Balaban J connectivity index is 1.46. The molecule has 1 heterocycles. The highest BCUT2D eigenvalue weighted by Gasteiger charge is 2.43. The molecule has 1 saturated carbocycles. The molecule has 0 bridgehead atoms. The first-order valence-corrected chi connectivity index (χ1v) is 17.3. The molecule has 4 rings (SSSR count). The number of benzene rings is 2. The smallest absolute Gasteiger partial charge is 0.308 e. The molecule has 1 amide bonds. The monoisotopic (exact) mass is 635 g/mol. The van der Waals surface area contributed by atoms with Gasteiger partial charge in [0.25, 0.3) is 0 Å². The minimum absolute atomic E-state index is 0.0156.